The zero-order chi connectivity index (χ0) is 19.3. The molecule has 1 aliphatic rings. The quantitative estimate of drug-likeness (QED) is 0.843. The number of hydrogen-bond acceptors (Lipinski definition) is 4. The summed E-state index contributed by atoms with van der Waals surface area (Å²) in [6.07, 6.45) is 0.623. The van der Waals surface area contributed by atoms with Crippen molar-refractivity contribution < 1.29 is 24.2 Å². The lowest BCUT2D eigenvalue weighted by Crippen LogP contribution is -2.54. The van der Waals surface area contributed by atoms with Gasteiger partial charge in [-0.25, -0.2) is 9.59 Å². The van der Waals surface area contributed by atoms with Gasteiger partial charge in [0.2, 0.25) is 0 Å². The lowest BCUT2D eigenvalue weighted by Gasteiger charge is -2.34. The molecular formula is C21H23NO5. The number of carboxylic acids is 1. The zero-order valence-electron chi connectivity index (χ0n) is 15.3. The molecule has 27 heavy (non-hydrogen) atoms. The van der Waals surface area contributed by atoms with Crippen LogP contribution in [0.15, 0.2) is 54.6 Å². The summed E-state index contributed by atoms with van der Waals surface area (Å²) in [5, 5.41) is 9.98. The van der Waals surface area contributed by atoms with Gasteiger partial charge in [-0.3, -0.25) is 4.90 Å². The van der Waals surface area contributed by atoms with E-state index in [9.17, 15) is 14.7 Å². The van der Waals surface area contributed by atoms with Gasteiger partial charge in [0, 0.05) is 13.0 Å². The second kappa shape index (κ2) is 8.12. The lowest BCUT2D eigenvalue weighted by molar-refractivity contribution is -0.148. The smallest absolute Gasteiger partial charge is 0.411 e. The number of carboxylic acid groups (broad SMARTS) is 1. The fourth-order valence-corrected chi connectivity index (χ4v) is 3.54. The molecule has 1 unspecified atom stereocenters. The Hall–Kier alpha value is -3.02. The summed E-state index contributed by atoms with van der Waals surface area (Å²) in [5.41, 5.74) is 0.360. The van der Waals surface area contributed by atoms with E-state index in [1.54, 1.807) is 19.2 Å². The molecule has 6 heteroatoms. The fourth-order valence-electron chi connectivity index (χ4n) is 3.54. The molecule has 1 fully saturated rings. The van der Waals surface area contributed by atoms with E-state index >= 15 is 0 Å². The van der Waals surface area contributed by atoms with Crippen molar-refractivity contribution in [3.8, 4) is 5.75 Å². The summed E-state index contributed by atoms with van der Waals surface area (Å²) < 4.78 is 10.6. The maximum absolute atomic E-state index is 12.7. The van der Waals surface area contributed by atoms with Crippen LogP contribution in [0.1, 0.15) is 24.0 Å². The molecule has 1 saturated heterocycles. The Kier molecular flexibility index (Phi) is 5.64. The summed E-state index contributed by atoms with van der Waals surface area (Å²) in [5.74, 6) is -0.358. The van der Waals surface area contributed by atoms with Gasteiger partial charge in [-0.05, 0) is 36.1 Å². The number of benzene rings is 2. The monoisotopic (exact) mass is 369 g/mol. The Labute approximate surface area is 158 Å². The first-order chi connectivity index (χ1) is 13.0. The van der Waals surface area contributed by atoms with Crippen LogP contribution >= 0.6 is 0 Å². The molecule has 2 aromatic carbocycles. The Balaban J connectivity index is 1.78. The summed E-state index contributed by atoms with van der Waals surface area (Å²) in [7, 11) is 1.56. The minimum Gasteiger partial charge on any atom is -0.497 e. The molecule has 1 N–H and O–H groups in total. The molecule has 2 aromatic rings. The number of nitrogens with zero attached hydrogens (tertiary/aromatic N) is 1. The van der Waals surface area contributed by atoms with Crippen LogP contribution in [0, 0.1) is 0 Å². The number of carbonyl (C=O) groups is 2. The Morgan fingerprint density at radius 1 is 1.11 bits per heavy atom. The minimum absolute atomic E-state index is 0.116. The van der Waals surface area contributed by atoms with Crippen LogP contribution in [0.4, 0.5) is 4.79 Å². The molecule has 0 aromatic heterocycles. The topological polar surface area (TPSA) is 76.1 Å². The number of carbonyl (C=O) groups excluding carboxylic acids is 1. The minimum atomic E-state index is -1.31. The third kappa shape index (κ3) is 4.05. The van der Waals surface area contributed by atoms with Gasteiger partial charge in [-0.15, -0.1) is 0 Å². The molecule has 1 atom stereocenters. The van der Waals surface area contributed by atoms with E-state index in [0.29, 0.717) is 25.1 Å². The van der Waals surface area contributed by atoms with Crippen LogP contribution < -0.4 is 4.74 Å². The maximum atomic E-state index is 12.7. The number of amides is 1. The van der Waals surface area contributed by atoms with Crippen molar-refractivity contribution in [1.82, 2.24) is 4.90 Å². The number of ether oxygens (including phenoxy) is 2. The van der Waals surface area contributed by atoms with Gasteiger partial charge in [0.15, 0.2) is 0 Å². The molecule has 0 aliphatic carbocycles. The van der Waals surface area contributed by atoms with Gasteiger partial charge in [0.1, 0.15) is 17.9 Å². The SMILES string of the molecule is COc1cccc(CC2(C(=O)O)CCCN2C(=O)OCc2ccccc2)c1. The molecule has 0 bridgehead atoms. The third-order valence-corrected chi connectivity index (χ3v) is 4.94. The standard InChI is InChI=1S/C21H23NO5/c1-26-18-10-5-9-17(13-18)14-21(19(23)24)11-6-12-22(21)20(25)27-15-16-7-3-2-4-8-16/h2-5,7-10,13H,6,11-12,14-15H2,1H3,(H,23,24). The van der Waals surface area contributed by atoms with E-state index < -0.39 is 17.6 Å². The molecule has 3 rings (SSSR count). The first kappa shape index (κ1) is 18.8. The van der Waals surface area contributed by atoms with E-state index in [-0.39, 0.29) is 13.0 Å². The van der Waals surface area contributed by atoms with Crippen molar-refractivity contribution in [3.05, 3.63) is 65.7 Å². The Morgan fingerprint density at radius 2 is 1.85 bits per heavy atom. The number of aliphatic carboxylic acids is 1. The van der Waals surface area contributed by atoms with Crippen LogP contribution in [0.25, 0.3) is 0 Å². The largest absolute Gasteiger partial charge is 0.497 e. The predicted molar refractivity (Wildman–Crippen MR) is 99.6 cm³/mol. The van der Waals surface area contributed by atoms with Crippen molar-refractivity contribution >= 4 is 12.1 Å². The van der Waals surface area contributed by atoms with Crippen molar-refractivity contribution in [1.29, 1.82) is 0 Å². The summed E-state index contributed by atoms with van der Waals surface area (Å²) in [4.78, 5) is 26.2. The normalized spacial score (nSPS) is 18.9. The second-order valence-corrected chi connectivity index (χ2v) is 6.66. The van der Waals surface area contributed by atoms with Crippen LogP contribution in [-0.4, -0.2) is 41.3 Å². The molecule has 1 amide bonds. The molecule has 0 saturated carbocycles. The van der Waals surface area contributed by atoms with Gasteiger partial charge in [-0.2, -0.15) is 0 Å². The van der Waals surface area contributed by atoms with Crippen molar-refractivity contribution in [2.75, 3.05) is 13.7 Å². The summed E-state index contributed by atoms with van der Waals surface area (Å²) in [6, 6.07) is 16.6. The highest BCUT2D eigenvalue weighted by molar-refractivity contribution is 5.85. The maximum Gasteiger partial charge on any atom is 0.411 e. The van der Waals surface area contributed by atoms with E-state index in [1.807, 2.05) is 42.5 Å². The second-order valence-electron chi connectivity index (χ2n) is 6.66. The van der Waals surface area contributed by atoms with Crippen molar-refractivity contribution in [2.24, 2.45) is 0 Å². The molecular weight excluding hydrogens is 346 g/mol. The molecule has 6 nitrogen and oxygen atoms in total. The van der Waals surface area contributed by atoms with E-state index in [1.165, 1.54) is 4.90 Å². The average molecular weight is 369 g/mol. The zero-order valence-corrected chi connectivity index (χ0v) is 15.3. The highest BCUT2D eigenvalue weighted by Crippen LogP contribution is 2.34. The number of methoxy groups -OCH3 is 1. The Bertz CT molecular complexity index is 807. The van der Waals surface area contributed by atoms with Crippen LogP contribution in [-0.2, 0) is 22.6 Å². The van der Waals surface area contributed by atoms with Crippen molar-refractivity contribution in [3.63, 3.8) is 0 Å². The van der Waals surface area contributed by atoms with Gasteiger partial charge < -0.3 is 14.6 Å². The van der Waals surface area contributed by atoms with Gasteiger partial charge in [0.25, 0.3) is 0 Å². The highest BCUT2D eigenvalue weighted by Gasteiger charge is 2.50. The van der Waals surface area contributed by atoms with E-state index in [4.69, 9.17) is 9.47 Å². The highest BCUT2D eigenvalue weighted by atomic mass is 16.6. The van der Waals surface area contributed by atoms with Gasteiger partial charge in [0.05, 0.1) is 7.11 Å². The van der Waals surface area contributed by atoms with Gasteiger partial charge >= 0.3 is 12.1 Å². The van der Waals surface area contributed by atoms with Crippen LogP contribution in [0.5, 0.6) is 5.75 Å². The van der Waals surface area contributed by atoms with Gasteiger partial charge in [-0.1, -0.05) is 42.5 Å². The Morgan fingerprint density at radius 3 is 2.56 bits per heavy atom. The summed E-state index contributed by atoms with van der Waals surface area (Å²) >= 11 is 0. The molecule has 1 aliphatic heterocycles. The van der Waals surface area contributed by atoms with Crippen LogP contribution in [0.3, 0.4) is 0 Å². The molecule has 1 heterocycles. The third-order valence-electron chi connectivity index (χ3n) is 4.94. The molecule has 142 valence electrons. The lowest BCUT2D eigenvalue weighted by atomic mass is 9.88. The van der Waals surface area contributed by atoms with Crippen molar-refractivity contribution in [2.45, 2.75) is 31.4 Å². The van der Waals surface area contributed by atoms with E-state index in [0.717, 1.165) is 11.1 Å². The average Bonchev–Trinajstić information content (AvgIpc) is 3.12. The first-order valence-electron chi connectivity index (χ1n) is 8.90. The number of rotatable bonds is 6. The van der Waals surface area contributed by atoms with E-state index in [2.05, 4.69) is 0 Å². The first-order valence-corrected chi connectivity index (χ1v) is 8.90. The number of hydrogen-bond donors (Lipinski definition) is 1. The van der Waals surface area contributed by atoms with Crippen LogP contribution in [0.2, 0.25) is 0 Å². The predicted octanol–water partition coefficient (Wildman–Crippen LogP) is 3.49. The number of likely N-dealkylation sites (tertiary alicyclic amines) is 1. The molecule has 0 spiro atoms. The fraction of sp³-hybridized carbons (Fsp3) is 0.333. The molecule has 0 radical (unpaired) electrons. The summed E-state index contributed by atoms with van der Waals surface area (Å²) in [6.45, 7) is 0.481.